The van der Waals surface area contributed by atoms with E-state index in [1.165, 1.54) is 5.56 Å². The van der Waals surface area contributed by atoms with Crippen LogP contribution in [0.3, 0.4) is 0 Å². The maximum atomic E-state index is 9.27. The van der Waals surface area contributed by atoms with Gasteiger partial charge in [0.2, 0.25) is 0 Å². The van der Waals surface area contributed by atoms with E-state index in [0.717, 1.165) is 12.4 Å². The Hall–Kier alpha value is -1.17. The Bertz CT molecular complexity index is 413. The lowest BCUT2D eigenvalue weighted by molar-refractivity contribution is -0.0423. The summed E-state index contributed by atoms with van der Waals surface area (Å²) in [6.45, 7) is 5.69. The van der Waals surface area contributed by atoms with Crippen LogP contribution >= 0.6 is 0 Å². The van der Waals surface area contributed by atoms with Gasteiger partial charge in [-0.05, 0) is 38.6 Å². The van der Waals surface area contributed by atoms with Crippen LogP contribution in [0.5, 0.6) is 0 Å². The molecular weight excluding hydrogens is 242 g/mol. The van der Waals surface area contributed by atoms with Gasteiger partial charge in [-0.25, -0.2) is 4.98 Å². The Morgan fingerprint density at radius 3 is 3.05 bits per heavy atom. The van der Waals surface area contributed by atoms with Crippen LogP contribution in [-0.2, 0) is 4.74 Å². The van der Waals surface area contributed by atoms with E-state index in [1.54, 1.807) is 0 Å². The van der Waals surface area contributed by atoms with Gasteiger partial charge in [0.1, 0.15) is 5.82 Å². The highest BCUT2D eigenvalue weighted by atomic mass is 16.5. The number of nitrogens with zero attached hydrogens (tertiary/aromatic N) is 2. The molecule has 106 valence electrons. The first-order chi connectivity index (χ1) is 9.13. The van der Waals surface area contributed by atoms with Crippen LogP contribution in [0.4, 0.5) is 5.82 Å². The van der Waals surface area contributed by atoms with E-state index >= 15 is 0 Å². The summed E-state index contributed by atoms with van der Waals surface area (Å²) in [5.41, 5.74) is 1.21. The molecule has 0 bridgehead atoms. The molecule has 3 atom stereocenters. The zero-order valence-electron chi connectivity index (χ0n) is 11.8. The summed E-state index contributed by atoms with van der Waals surface area (Å²) in [5, 5.41) is 12.5. The van der Waals surface area contributed by atoms with Gasteiger partial charge in [-0.3, -0.25) is 0 Å². The van der Waals surface area contributed by atoms with Gasteiger partial charge in [-0.15, -0.1) is 0 Å². The SMILES string of the molecule is CNC(C)c1ccnc(N2CC(C)OC(CO)C2)c1. The first-order valence-electron chi connectivity index (χ1n) is 6.78. The fourth-order valence-corrected chi connectivity index (χ4v) is 2.38. The molecule has 0 spiro atoms. The first-order valence-corrected chi connectivity index (χ1v) is 6.78. The van der Waals surface area contributed by atoms with Crippen molar-refractivity contribution in [2.24, 2.45) is 0 Å². The summed E-state index contributed by atoms with van der Waals surface area (Å²) >= 11 is 0. The largest absolute Gasteiger partial charge is 0.394 e. The van der Waals surface area contributed by atoms with E-state index < -0.39 is 0 Å². The maximum absolute atomic E-state index is 9.27. The van der Waals surface area contributed by atoms with Crippen LogP contribution in [0.15, 0.2) is 18.3 Å². The fourth-order valence-electron chi connectivity index (χ4n) is 2.38. The lowest BCUT2D eigenvalue weighted by atomic mass is 10.1. The van der Waals surface area contributed by atoms with Gasteiger partial charge in [-0.1, -0.05) is 0 Å². The number of aliphatic hydroxyl groups is 1. The van der Waals surface area contributed by atoms with Crippen LogP contribution in [0.2, 0.25) is 0 Å². The number of rotatable bonds is 4. The first kappa shape index (κ1) is 14.2. The number of ether oxygens (including phenoxy) is 1. The predicted octanol–water partition coefficient (Wildman–Crippen LogP) is 0.948. The molecule has 0 aromatic carbocycles. The van der Waals surface area contributed by atoms with Crippen molar-refractivity contribution >= 4 is 5.82 Å². The maximum Gasteiger partial charge on any atom is 0.128 e. The topological polar surface area (TPSA) is 57.6 Å². The number of aliphatic hydroxyl groups excluding tert-OH is 1. The van der Waals surface area contributed by atoms with Crippen LogP contribution in [0, 0.1) is 0 Å². The van der Waals surface area contributed by atoms with E-state index in [4.69, 9.17) is 4.74 Å². The molecule has 0 radical (unpaired) electrons. The molecule has 1 aromatic heterocycles. The molecule has 5 nitrogen and oxygen atoms in total. The number of nitrogens with one attached hydrogen (secondary N) is 1. The molecule has 3 unspecified atom stereocenters. The molecule has 1 aliphatic heterocycles. The zero-order valence-corrected chi connectivity index (χ0v) is 11.8. The highest BCUT2D eigenvalue weighted by Crippen LogP contribution is 2.21. The van der Waals surface area contributed by atoms with Gasteiger partial charge in [0.25, 0.3) is 0 Å². The minimum Gasteiger partial charge on any atom is -0.394 e. The molecule has 2 N–H and O–H groups in total. The number of hydrogen-bond acceptors (Lipinski definition) is 5. The van der Waals surface area contributed by atoms with E-state index in [-0.39, 0.29) is 18.8 Å². The standard InChI is InChI=1S/C14H23N3O2/c1-10-7-17(8-13(9-18)19-10)14-6-12(4-5-16-14)11(2)15-3/h4-6,10-11,13,15,18H,7-9H2,1-3H3. The van der Waals surface area contributed by atoms with Gasteiger partial charge in [0.05, 0.1) is 18.8 Å². The zero-order chi connectivity index (χ0) is 13.8. The Balaban J connectivity index is 2.16. The Kier molecular flexibility index (Phi) is 4.74. The summed E-state index contributed by atoms with van der Waals surface area (Å²) < 4.78 is 5.65. The highest BCUT2D eigenvalue weighted by Gasteiger charge is 2.25. The van der Waals surface area contributed by atoms with Crippen molar-refractivity contribution < 1.29 is 9.84 Å². The molecule has 2 heterocycles. The summed E-state index contributed by atoms with van der Waals surface area (Å²) in [6, 6.07) is 4.43. The van der Waals surface area contributed by atoms with Gasteiger partial charge in [0.15, 0.2) is 0 Å². The summed E-state index contributed by atoms with van der Waals surface area (Å²) in [4.78, 5) is 6.63. The molecule has 1 aliphatic rings. The monoisotopic (exact) mass is 265 g/mol. The van der Waals surface area contributed by atoms with Gasteiger partial charge in [0, 0.05) is 25.3 Å². The molecule has 1 fully saturated rings. The van der Waals surface area contributed by atoms with Gasteiger partial charge < -0.3 is 20.1 Å². The number of anilines is 1. The lowest BCUT2D eigenvalue weighted by Gasteiger charge is -2.37. The second kappa shape index (κ2) is 6.32. The average Bonchev–Trinajstić information content (AvgIpc) is 2.45. The number of morpholine rings is 1. The molecule has 0 amide bonds. The molecule has 2 rings (SSSR count). The number of hydrogen-bond donors (Lipinski definition) is 2. The molecule has 19 heavy (non-hydrogen) atoms. The molecule has 0 aliphatic carbocycles. The summed E-state index contributed by atoms with van der Waals surface area (Å²) in [6.07, 6.45) is 1.82. The Morgan fingerprint density at radius 2 is 2.37 bits per heavy atom. The number of aromatic nitrogens is 1. The van der Waals surface area contributed by atoms with Crippen molar-refractivity contribution in [1.82, 2.24) is 10.3 Å². The van der Waals surface area contributed by atoms with E-state index in [1.807, 2.05) is 26.2 Å². The van der Waals surface area contributed by atoms with Crippen LogP contribution in [-0.4, -0.2) is 49.0 Å². The van der Waals surface area contributed by atoms with Crippen molar-refractivity contribution in [2.45, 2.75) is 32.1 Å². The van der Waals surface area contributed by atoms with E-state index in [2.05, 4.69) is 28.2 Å². The van der Waals surface area contributed by atoms with Crippen LogP contribution in [0.25, 0.3) is 0 Å². The van der Waals surface area contributed by atoms with Crippen LogP contribution < -0.4 is 10.2 Å². The van der Waals surface area contributed by atoms with Crippen LogP contribution in [0.1, 0.15) is 25.5 Å². The second-order valence-electron chi connectivity index (χ2n) is 5.11. The fraction of sp³-hybridized carbons (Fsp3) is 0.643. The summed E-state index contributed by atoms with van der Waals surface area (Å²) in [5.74, 6) is 0.952. The molecule has 5 heteroatoms. The summed E-state index contributed by atoms with van der Waals surface area (Å²) in [7, 11) is 1.95. The average molecular weight is 265 g/mol. The Morgan fingerprint density at radius 1 is 1.58 bits per heavy atom. The third-order valence-corrected chi connectivity index (χ3v) is 3.56. The molecule has 1 aromatic rings. The van der Waals surface area contributed by atoms with E-state index in [9.17, 15) is 5.11 Å². The van der Waals surface area contributed by atoms with Crippen molar-refractivity contribution in [2.75, 3.05) is 31.6 Å². The van der Waals surface area contributed by atoms with Crippen molar-refractivity contribution in [3.05, 3.63) is 23.9 Å². The van der Waals surface area contributed by atoms with E-state index in [0.29, 0.717) is 12.6 Å². The quantitative estimate of drug-likeness (QED) is 0.849. The lowest BCUT2D eigenvalue weighted by Crippen LogP contribution is -2.48. The molecule has 1 saturated heterocycles. The molecular formula is C14H23N3O2. The number of pyridine rings is 1. The smallest absolute Gasteiger partial charge is 0.128 e. The third-order valence-electron chi connectivity index (χ3n) is 3.56. The predicted molar refractivity (Wildman–Crippen MR) is 75.3 cm³/mol. The minimum absolute atomic E-state index is 0.0491. The molecule has 0 saturated carbocycles. The highest BCUT2D eigenvalue weighted by molar-refractivity contribution is 5.42. The Labute approximate surface area is 114 Å². The van der Waals surface area contributed by atoms with Crippen molar-refractivity contribution in [3.63, 3.8) is 0 Å². The van der Waals surface area contributed by atoms with Gasteiger partial charge >= 0.3 is 0 Å². The van der Waals surface area contributed by atoms with Crippen molar-refractivity contribution in [1.29, 1.82) is 0 Å². The van der Waals surface area contributed by atoms with Crippen molar-refractivity contribution in [3.8, 4) is 0 Å². The minimum atomic E-state index is -0.129. The second-order valence-corrected chi connectivity index (χ2v) is 5.11. The normalized spacial score (nSPS) is 25.4. The third kappa shape index (κ3) is 3.43. The van der Waals surface area contributed by atoms with Gasteiger partial charge in [-0.2, -0.15) is 0 Å².